The first-order valence-electron chi connectivity index (χ1n) is 10.6. The molecule has 2 bridgehead atoms. The van der Waals surface area contributed by atoms with E-state index in [4.69, 9.17) is 21.6 Å². The second-order valence-electron chi connectivity index (χ2n) is 9.58. The van der Waals surface area contributed by atoms with Crippen LogP contribution in [0.5, 0.6) is 0 Å². The van der Waals surface area contributed by atoms with Crippen molar-refractivity contribution in [1.82, 2.24) is 9.97 Å². The predicted molar refractivity (Wildman–Crippen MR) is 123 cm³/mol. The number of fused-ring (bicyclic) bond motifs is 6. The normalized spacial score (nSPS) is 25.0. The Bertz CT molecular complexity index is 1340. The fraction of sp³-hybridized carbons (Fsp3) is 0.375. The molecule has 5 rings (SSSR count). The van der Waals surface area contributed by atoms with E-state index in [0.717, 1.165) is 17.7 Å². The van der Waals surface area contributed by atoms with Gasteiger partial charge in [0.15, 0.2) is 0 Å². The molecule has 7 nitrogen and oxygen atoms in total. The Morgan fingerprint density at radius 1 is 1.09 bits per heavy atom. The summed E-state index contributed by atoms with van der Waals surface area (Å²) in [5.41, 5.74) is 2.18. The first-order valence-corrected chi connectivity index (χ1v) is 10.9. The first-order chi connectivity index (χ1) is 15.0. The number of hydrogen-bond donors (Lipinski definition) is 1. The van der Waals surface area contributed by atoms with Crippen LogP contribution in [0.2, 0.25) is 5.02 Å². The zero-order chi connectivity index (χ0) is 23.1. The summed E-state index contributed by atoms with van der Waals surface area (Å²) in [6.07, 6.45) is 1.44. The van der Waals surface area contributed by atoms with Crippen molar-refractivity contribution in [2.75, 3.05) is 5.32 Å². The van der Waals surface area contributed by atoms with E-state index in [0.29, 0.717) is 33.9 Å². The average molecular weight is 451 g/mol. The van der Waals surface area contributed by atoms with Gasteiger partial charge in [0.25, 0.3) is 5.69 Å². The number of hydrogen-bond acceptors (Lipinski definition) is 5. The van der Waals surface area contributed by atoms with Gasteiger partial charge >= 0.3 is 0 Å². The van der Waals surface area contributed by atoms with Crippen LogP contribution in [-0.2, 0) is 15.6 Å². The second kappa shape index (κ2) is 6.48. The molecule has 2 atom stereocenters. The molecule has 32 heavy (non-hydrogen) atoms. The number of rotatable bonds is 3. The molecule has 164 valence electrons. The standard InChI is InChI=1S/C24H23ClN4O3/c1-13-15(25)6-5-7-16(13)28-21(30)24-11-10-23(4,22(24,2)3)19-20(24)27-18-12-14(29(31)32)8-9-17(18)26-19/h5-9,12H,10-11H2,1-4H3,(H,28,30). The van der Waals surface area contributed by atoms with Gasteiger partial charge < -0.3 is 5.32 Å². The number of amides is 1. The predicted octanol–water partition coefficient (Wildman–Crippen LogP) is 5.47. The Hall–Kier alpha value is -3.06. The number of nitro groups is 1. The summed E-state index contributed by atoms with van der Waals surface area (Å²) in [4.78, 5) is 34.5. The summed E-state index contributed by atoms with van der Waals surface area (Å²) in [7, 11) is 0. The summed E-state index contributed by atoms with van der Waals surface area (Å²) in [6.45, 7) is 8.21. The van der Waals surface area contributed by atoms with Crippen molar-refractivity contribution in [3.8, 4) is 0 Å². The van der Waals surface area contributed by atoms with E-state index >= 15 is 0 Å². The van der Waals surface area contributed by atoms with E-state index in [2.05, 4.69) is 26.1 Å². The molecule has 0 radical (unpaired) electrons. The van der Waals surface area contributed by atoms with Crippen LogP contribution in [0.25, 0.3) is 11.0 Å². The molecule has 2 aromatic carbocycles. The van der Waals surface area contributed by atoms with Gasteiger partial charge in [-0.25, -0.2) is 9.97 Å². The Kier molecular flexibility index (Phi) is 4.22. The minimum atomic E-state index is -0.905. The topological polar surface area (TPSA) is 98.0 Å². The maximum Gasteiger partial charge on any atom is 0.271 e. The molecular formula is C24H23ClN4O3. The lowest BCUT2D eigenvalue weighted by Gasteiger charge is -2.39. The summed E-state index contributed by atoms with van der Waals surface area (Å²) in [6, 6.07) is 9.93. The SMILES string of the molecule is Cc1c(Cl)cccc1NC(=O)C12CCC(C)(c3nc4ccc([N+](=O)[O-])cc4nc31)C2(C)C. The fourth-order valence-electron chi connectivity index (χ4n) is 5.68. The first kappa shape index (κ1) is 20.8. The van der Waals surface area contributed by atoms with E-state index < -0.39 is 15.8 Å². The molecule has 2 aliphatic rings. The Labute approximate surface area is 190 Å². The van der Waals surface area contributed by atoms with Gasteiger partial charge in [0.1, 0.15) is 0 Å². The van der Waals surface area contributed by atoms with Crippen molar-refractivity contribution < 1.29 is 9.72 Å². The lowest BCUT2D eigenvalue weighted by atomic mass is 9.63. The smallest absolute Gasteiger partial charge is 0.271 e. The van der Waals surface area contributed by atoms with Crippen LogP contribution in [-0.4, -0.2) is 20.8 Å². The van der Waals surface area contributed by atoms with Gasteiger partial charge in [0, 0.05) is 28.3 Å². The van der Waals surface area contributed by atoms with E-state index in [1.165, 1.54) is 12.1 Å². The minimum Gasteiger partial charge on any atom is -0.325 e. The molecule has 2 aliphatic carbocycles. The van der Waals surface area contributed by atoms with E-state index in [1.807, 2.05) is 19.1 Å². The second-order valence-corrected chi connectivity index (χ2v) is 9.99. The number of carbonyl (C=O) groups excluding carboxylic acids is 1. The number of non-ortho nitro benzene ring substituents is 1. The lowest BCUT2D eigenvalue weighted by molar-refractivity contribution is -0.384. The molecule has 1 amide bonds. The highest BCUT2D eigenvalue weighted by Gasteiger charge is 2.73. The van der Waals surface area contributed by atoms with Crippen molar-refractivity contribution in [1.29, 1.82) is 0 Å². The molecule has 1 saturated carbocycles. The molecular weight excluding hydrogens is 428 g/mol. The molecule has 2 unspecified atom stereocenters. The third-order valence-electron chi connectivity index (χ3n) is 8.14. The highest BCUT2D eigenvalue weighted by Crippen LogP contribution is 2.70. The van der Waals surface area contributed by atoms with Gasteiger partial charge in [-0.05, 0) is 48.9 Å². The molecule has 0 spiro atoms. The van der Waals surface area contributed by atoms with Gasteiger partial charge in [-0.3, -0.25) is 14.9 Å². The number of aromatic nitrogens is 2. The number of nitro benzene ring substituents is 1. The number of nitrogens with one attached hydrogen (secondary N) is 1. The van der Waals surface area contributed by atoms with Gasteiger partial charge in [0.2, 0.25) is 5.91 Å². The maximum absolute atomic E-state index is 14.0. The molecule has 0 saturated heterocycles. The van der Waals surface area contributed by atoms with Crippen LogP contribution in [0.1, 0.15) is 50.6 Å². The summed E-state index contributed by atoms with van der Waals surface area (Å²) in [5.74, 6) is -0.144. The summed E-state index contributed by atoms with van der Waals surface area (Å²) < 4.78 is 0. The highest BCUT2D eigenvalue weighted by atomic mass is 35.5. The largest absolute Gasteiger partial charge is 0.325 e. The number of carbonyl (C=O) groups is 1. The van der Waals surface area contributed by atoms with Gasteiger partial charge in [-0.1, -0.05) is 38.4 Å². The van der Waals surface area contributed by atoms with Crippen molar-refractivity contribution >= 4 is 39.9 Å². The van der Waals surface area contributed by atoms with Crippen molar-refractivity contribution in [2.24, 2.45) is 5.41 Å². The number of halogens is 1. The Morgan fingerprint density at radius 3 is 2.53 bits per heavy atom. The fourth-order valence-corrected chi connectivity index (χ4v) is 5.85. The zero-order valence-corrected chi connectivity index (χ0v) is 19.1. The maximum atomic E-state index is 14.0. The average Bonchev–Trinajstić information content (AvgIpc) is 3.04. The van der Waals surface area contributed by atoms with Gasteiger partial charge in [-0.15, -0.1) is 0 Å². The van der Waals surface area contributed by atoms with Crippen molar-refractivity contribution in [2.45, 2.75) is 51.4 Å². The molecule has 1 aromatic heterocycles. The van der Waals surface area contributed by atoms with Crippen LogP contribution in [0.15, 0.2) is 36.4 Å². The molecule has 1 N–H and O–H groups in total. The van der Waals surface area contributed by atoms with Crippen LogP contribution in [0.3, 0.4) is 0 Å². The third kappa shape index (κ3) is 2.40. The van der Waals surface area contributed by atoms with Crippen molar-refractivity contribution in [3.63, 3.8) is 0 Å². The Morgan fingerprint density at radius 2 is 1.81 bits per heavy atom. The van der Waals surface area contributed by atoms with Crippen LogP contribution in [0, 0.1) is 22.5 Å². The zero-order valence-electron chi connectivity index (χ0n) is 18.3. The van der Waals surface area contributed by atoms with E-state index in [1.54, 1.807) is 12.1 Å². The minimum absolute atomic E-state index is 0.0477. The summed E-state index contributed by atoms with van der Waals surface area (Å²) >= 11 is 6.27. The molecule has 3 aromatic rings. The lowest BCUT2D eigenvalue weighted by Crippen LogP contribution is -2.48. The van der Waals surface area contributed by atoms with Crippen molar-refractivity contribution in [3.05, 3.63) is 68.5 Å². The highest BCUT2D eigenvalue weighted by molar-refractivity contribution is 6.31. The van der Waals surface area contributed by atoms with E-state index in [-0.39, 0.29) is 17.0 Å². The van der Waals surface area contributed by atoms with Crippen LogP contribution < -0.4 is 5.32 Å². The molecule has 1 heterocycles. The van der Waals surface area contributed by atoms with Crippen LogP contribution in [0.4, 0.5) is 11.4 Å². The monoisotopic (exact) mass is 450 g/mol. The number of nitrogens with zero attached hydrogens (tertiary/aromatic N) is 3. The van der Waals surface area contributed by atoms with E-state index in [9.17, 15) is 14.9 Å². The Balaban J connectivity index is 1.71. The van der Waals surface area contributed by atoms with Gasteiger partial charge in [0.05, 0.1) is 32.8 Å². The number of anilines is 1. The van der Waals surface area contributed by atoms with Crippen LogP contribution >= 0.6 is 11.6 Å². The molecule has 8 heteroatoms. The quantitative estimate of drug-likeness (QED) is 0.421. The summed E-state index contributed by atoms with van der Waals surface area (Å²) in [5, 5.41) is 15.0. The molecule has 1 fully saturated rings. The van der Waals surface area contributed by atoms with Gasteiger partial charge in [-0.2, -0.15) is 0 Å². The number of benzene rings is 2. The third-order valence-corrected chi connectivity index (χ3v) is 8.54. The molecule has 0 aliphatic heterocycles.